The average Bonchev–Trinajstić information content (AvgIpc) is 3.16. The molecule has 1 aliphatic carbocycles. The number of nitriles is 1. The number of furan rings is 1. The van der Waals surface area contributed by atoms with Crippen molar-refractivity contribution in [1.82, 2.24) is 0 Å². The first-order chi connectivity index (χ1) is 9.82. The van der Waals surface area contributed by atoms with Gasteiger partial charge in [-0.3, -0.25) is 0 Å². The Kier molecular flexibility index (Phi) is 2.97. The molecular formula is C14H10F3NO3. The molecule has 0 atom stereocenters. The van der Waals surface area contributed by atoms with Gasteiger partial charge in [0.05, 0.1) is 5.56 Å². The first-order valence-electron chi connectivity index (χ1n) is 6.26. The van der Waals surface area contributed by atoms with Crippen LogP contribution in [0.2, 0.25) is 0 Å². The third-order valence-corrected chi connectivity index (χ3v) is 3.54. The topological polar surface area (TPSA) is 77.4 Å². The van der Waals surface area contributed by atoms with Gasteiger partial charge in [-0.1, -0.05) is 0 Å². The van der Waals surface area contributed by atoms with Crippen molar-refractivity contribution < 1.29 is 27.8 Å². The van der Waals surface area contributed by atoms with Crippen LogP contribution in [0.1, 0.15) is 47.5 Å². The minimum atomic E-state index is -4.65. The Bertz CT molecular complexity index is 751. The molecule has 1 aliphatic rings. The van der Waals surface area contributed by atoms with Gasteiger partial charge < -0.3 is 14.6 Å². The van der Waals surface area contributed by atoms with E-state index in [2.05, 4.69) is 0 Å². The van der Waals surface area contributed by atoms with Crippen molar-refractivity contribution in [2.75, 3.05) is 0 Å². The number of halogens is 3. The first kappa shape index (κ1) is 13.9. The number of benzene rings is 1. The molecule has 0 unspecified atom stereocenters. The zero-order valence-electron chi connectivity index (χ0n) is 10.6. The van der Waals surface area contributed by atoms with Crippen molar-refractivity contribution in [3.8, 4) is 6.07 Å². The highest BCUT2D eigenvalue weighted by atomic mass is 19.4. The molecule has 7 heteroatoms. The van der Waals surface area contributed by atoms with Crippen molar-refractivity contribution >= 4 is 11.0 Å². The quantitative estimate of drug-likeness (QED) is 0.835. The Morgan fingerprint density at radius 1 is 1.29 bits per heavy atom. The number of rotatable bonds is 2. The number of alkyl halides is 3. The summed E-state index contributed by atoms with van der Waals surface area (Å²) in [5, 5.41) is 27.4. The predicted octanol–water partition coefficient (Wildman–Crippen LogP) is 3.18. The van der Waals surface area contributed by atoms with Crippen LogP contribution in [-0.4, -0.2) is 10.2 Å². The Morgan fingerprint density at radius 3 is 2.43 bits per heavy atom. The van der Waals surface area contributed by atoms with Gasteiger partial charge >= 0.3 is 6.18 Å². The summed E-state index contributed by atoms with van der Waals surface area (Å²) in [5.41, 5.74) is -1.31. The molecule has 0 spiro atoms. The van der Waals surface area contributed by atoms with E-state index in [9.17, 15) is 13.2 Å². The monoisotopic (exact) mass is 297 g/mol. The Morgan fingerprint density at radius 2 is 1.95 bits per heavy atom. The van der Waals surface area contributed by atoms with Gasteiger partial charge in [-0.2, -0.15) is 18.4 Å². The van der Waals surface area contributed by atoms with Crippen molar-refractivity contribution in [1.29, 1.82) is 5.26 Å². The summed E-state index contributed by atoms with van der Waals surface area (Å²) in [6.45, 7) is 0. The molecule has 0 aliphatic heterocycles. The van der Waals surface area contributed by atoms with Gasteiger partial charge in [0.25, 0.3) is 0 Å². The minimum absolute atomic E-state index is 0.0303. The fourth-order valence-electron chi connectivity index (χ4n) is 2.40. The smallest absolute Gasteiger partial charge is 0.420 e. The second-order valence-corrected chi connectivity index (χ2v) is 5.04. The lowest BCUT2D eigenvalue weighted by Crippen LogP contribution is -2.06. The molecule has 1 fully saturated rings. The van der Waals surface area contributed by atoms with Gasteiger partial charge in [0.1, 0.15) is 17.2 Å². The van der Waals surface area contributed by atoms with Gasteiger partial charge in [-0.15, -0.1) is 0 Å². The van der Waals surface area contributed by atoms with Crippen LogP contribution in [0.3, 0.4) is 0 Å². The lowest BCUT2D eigenvalue weighted by Gasteiger charge is -2.09. The highest BCUT2D eigenvalue weighted by Crippen LogP contribution is 2.46. The molecule has 1 heterocycles. The average molecular weight is 297 g/mol. The maximum atomic E-state index is 13.2. The molecule has 0 amide bonds. The SMILES string of the molecule is N#Cc1c(C(O)O)oc2c(C(F)(F)F)cc(C3CC3)cc12. The van der Waals surface area contributed by atoms with E-state index < -0.39 is 29.4 Å². The number of aliphatic hydroxyl groups is 2. The summed E-state index contributed by atoms with van der Waals surface area (Å²) in [4.78, 5) is 0. The molecule has 1 aromatic heterocycles. The van der Waals surface area contributed by atoms with Crippen LogP contribution in [-0.2, 0) is 6.18 Å². The van der Waals surface area contributed by atoms with Gasteiger partial charge in [0, 0.05) is 5.39 Å². The Balaban J connectivity index is 2.37. The zero-order chi connectivity index (χ0) is 15.4. The summed E-state index contributed by atoms with van der Waals surface area (Å²) >= 11 is 0. The van der Waals surface area contributed by atoms with E-state index in [4.69, 9.17) is 19.9 Å². The molecule has 1 saturated carbocycles. The molecular weight excluding hydrogens is 287 g/mol. The predicted molar refractivity (Wildman–Crippen MR) is 65.1 cm³/mol. The third-order valence-electron chi connectivity index (χ3n) is 3.54. The molecule has 0 bridgehead atoms. The Labute approximate surface area is 117 Å². The lowest BCUT2D eigenvalue weighted by atomic mass is 10.0. The molecule has 21 heavy (non-hydrogen) atoms. The van der Waals surface area contributed by atoms with Gasteiger partial charge in [-0.25, -0.2) is 0 Å². The van der Waals surface area contributed by atoms with E-state index in [0.717, 1.165) is 18.9 Å². The largest absolute Gasteiger partial charge is 0.454 e. The van der Waals surface area contributed by atoms with Crippen LogP contribution in [0.25, 0.3) is 11.0 Å². The van der Waals surface area contributed by atoms with Crippen LogP contribution < -0.4 is 0 Å². The molecule has 2 aromatic rings. The molecule has 110 valence electrons. The Hall–Kier alpha value is -2.04. The second kappa shape index (κ2) is 4.48. The number of fused-ring (bicyclic) bond motifs is 1. The third kappa shape index (κ3) is 2.26. The summed E-state index contributed by atoms with van der Waals surface area (Å²) in [6.07, 6.45) is -5.18. The second-order valence-electron chi connectivity index (χ2n) is 5.04. The molecule has 2 N–H and O–H groups in total. The number of nitrogens with zero attached hydrogens (tertiary/aromatic N) is 1. The van der Waals surface area contributed by atoms with E-state index >= 15 is 0 Å². The maximum Gasteiger partial charge on any atom is 0.420 e. The van der Waals surface area contributed by atoms with Gasteiger partial charge in [0.2, 0.25) is 6.29 Å². The molecule has 1 aromatic carbocycles. The van der Waals surface area contributed by atoms with Crippen LogP contribution in [0.15, 0.2) is 16.5 Å². The molecule has 0 saturated heterocycles. The lowest BCUT2D eigenvalue weighted by molar-refractivity contribution is -0.137. The van der Waals surface area contributed by atoms with Crippen LogP contribution >= 0.6 is 0 Å². The highest BCUT2D eigenvalue weighted by Gasteiger charge is 2.38. The number of hydrogen-bond donors (Lipinski definition) is 2. The summed E-state index contributed by atoms with van der Waals surface area (Å²) < 4.78 is 44.4. The van der Waals surface area contributed by atoms with Crippen molar-refractivity contribution in [3.05, 3.63) is 34.6 Å². The van der Waals surface area contributed by atoms with E-state index in [1.165, 1.54) is 6.07 Å². The van der Waals surface area contributed by atoms with E-state index in [1.54, 1.807) is 6.07 Å². The zero-order valence-corrected chi connectivity index (χ0v) is 10.6. The molecule has 0 radical (unpaired) electrons. The number of hydrogen-bond acceptors (Lipinski definition) is 4. The van der Waals surface area contributed by atoms with Crippen LogP contribution in [0.4, 0.5) is 13.2 Å². The summed E-state index contributed by atoms with van der Waals surface area (Å²) in [6, 6.07) is 4.16. The number of aliphatic hydroxyl groups excluding tert-OH is 1. The van der Waals surface area contributed by atoms with Crippen LogP contribution in [0.5, 0.6) is 0 Å². The molecule has 4 nitrogen and oxygen atoms in total. The van der Waals surface area contributed by atoms with Crippen LogP contribution in [0, 0.1) is 11.3 Å². The van der Waals surface area contributed by atoms with E-state index in [1.807, 2.05) is 0 Å². The van der Waals surface area contributed by atoms with Gasteiger partial charge in [-0.05, 0) is 36.5 Å². The van der Waals surface area contributed by atoms with E-state index in [0.29, 0.717) is 5.56 Å². The minimum Gasteiger partial charge on any atom is -0.454 e. The standard InChI is InChI=1S/C14H10F3NO3/c15-14(16,17)10-4-7(6-1-2-6)3-8-9(5-18)12(13(19)20)21-11(8)10/h3-4,6,13,19-20H,1-2H2. The van der Waals surface area contributed by atoms with Crippen molar-refractivity contribution in [2.24, 2.45) is 0 Å². The fraction of sp³-hybridized carbons (Fsp3) is 0.357. The normalized spacial score (nSPS) is 15.7. The summed E-state index contributed by atoms with van der Waals surface area (Å²) in [7, 11) is 0. The first-order valence-corrected chi connectivity index (χ1v) is 6.26. The van der Waals surface area contributed by atoms with Crippen molar-refractivity contribution in [2.45, 2.75) is 31.2 Å². The fourth-order valence-corrected chi connectivity index (χ4v) is 2.40. The van der Waals surface area contributed by atoms with Gasteiger partial charge in [0.15, 0.2) is 5.76 Å². The highest BCUT2D eigenvalue weighted by molar-refractivity contribution is 5.89. The van der Waals surface area contributed by atoms with E-state index in [-0.39, 0.29) is 16.9 Å². The van der Waals surface area contributed by atoms with Crippen molar-refractivity contribution in [3.63, 3.8) is 0 Å². The summed E-state index contributed by atoms with van der Waals surface area (Å²) in [5.74, 6) is -0.509. The molecule has 3 rings (SSSR count). The maximum absolute atomic E-state index is 13.2.